The van der Waals surface area contributed by atoms with Crippen LogP contribution in [0.4, 0.5) is 0 Å². The largest absolute Gasteiger partial charge is 1.00 e. The fourth-order valence-corrected chi connectivity index (χ4v) is 2.04. The van der Waals surface area contributed by atoms with Crippen molar-refractivity contribution in [2.24, 2.45) is 0 Å². The molecule has 0 saturated heterocycles. The zero-order valence-electron chi connectivity index (χ0n) is 12.7. The van der Waals surface area contributed by atoms with Gasteiger partial charge in [-0.1, -0.05) is 23.9 Å². The van der Waals surface area contributed by atoms with Gasteiger partial charge >= 0.3 is 35.2 Å². The standard InChI is InChI=1S/C17H14O5.Na/c18-15-11-17(19)22-16-10-13(6-7-14(15)16)21-9-8-20-12-4-2-1-3-5-12;/h1-7,10-11,18H,8-9H2;/q;+1/p-1. The minimum Gasteiger partial charge on any atom is -0.872 e. The van der Waals surface area contributed by atoms with Gasteiger partial charge in [0.15, 0.2) is 0 Å². The van der Waals surface area contributed by atoms with Crippen LogP contribution in [0, 0.1) is 0 Å². The van der Waals surface area contributed by atoms with Crippen LogP contribution < -0.4 is 49.8 Å². The van der Waals surface area contributed by atoms with Gasteiger partial charge in [-0.2, -0.15) is 0 Å². The average molecular weight is 320 g/mol. The molecule has 0 unspecified atom stereocenters. The molecule has 0 spiro atoms. The number of ether oxygens (including phenoxy) is 2. The summed E-state index contributed by atoms with van der Waals surface area (Å²) in [6.07, 6.45) is 0. The Balaban J connectivity index is 0.00000192. The Morgan fingerprint density at radius 1 is 0.913 bits per heavy atom. The maximum absolute atomic E-state index is 11.6. The zero-order valence-corrected chi connectivity index (χ0v) is 14.7. The molecule has 5 nitrogen and oxygen atoms in total. The summed E-state index contributed by atoms with van der Waals surface area (Å²) in [6, 6.07) is 15.1. The molecule has 2 aromatic carbocycles. The Morgan fingerprint density at radius 2 is 1.61 bits per heavy atom. The molecule has 0 amide bonds. The maximum Gasteiger partial charge on any atom is 1.00 e. The smallest absolute Gasteiger partial charge is 0.872 e. The molecule has 0 N–H and O–H groups in total. The summed E-state index contributed by atoms with van der Waals surface area (Å²) in [5.41, 5.74) is -0.443. The summed E-state index contributed by atoms with van der Waals surface area (Å²) in [5, 5.41) is 12.0. The van der Waals surface area contributed by atoms with Crippen LogP contribution in [0.1, 0.15) is 0 Å². The molecule has 112 valence electrons. The van der Waals surface area contributed by atoms with Gasteiger partial charge in [0, 0.05) is 17.5 Å². The van der Waals surface area contributed by atoms with Crippen LogP contribution in [0.2, 0.25) is 0 Å². The minimum absolute atomic E-state index is 0. The molecule has 0 radical (unpaired) electrons. The third kappa shape index (κ3) is 4.51. The monoisotopic (exact) mass is 320 g/mol. The van der Waals surface area contributed by atoms with Crippen molar-refractivity contribution in [2.45, 2.75) is 0 Å². The molecule has 6 heteroatoms. The molecule has 3 rings (SSSR count). The Labute approximate surface area is 154 Å². The zero-order chi connectivity index (χ0) is 15.4. The molecule has 0 saturated carbocycles. The summed E-state index contributed by atoms with van der Waals surface area (Å²) in [6.45, 7) is 0.718. The van der Waals surface area contributed by atoms with Gasteiger partial charge in [0.1, 0.15) is 30.3 Å². The van der Waals surface area contributed by atoms with E-state index in [4.69, 9.17) is 13.9 Å². The van der Waals surface area contributed by atoms with E-state index in [1.165, 1.54) is 6.07 Å². The second-order valence-electron chi connectivity index (χ2n) is 4.60. The quantitative estimate of drug-likeness (QED) is 0.354. The maximum atomic E-state index is 11.6. The molecule has 0 fully saturated rings. The average Bonchev–Trinajstić information content (AvgIpc) is 2.52. The Hall–Kier alpha value is -1.95. The van der Waals surface area contributed by atoms with Crippen molar-refractivity contribution in [1.82, 2.24) is 0 Å². The molecule has 0 atom stereocenters. The van der Waals surface area contributed by atoms with Gasteiger partial charge in [-0.3, -0.25) is 0 Å². The van der Waals surface area contributed by atoms with E-state index in [9.17, 15) is 9.90 Å². The van der Waals surface area contributed by atoms with E-state index in [0.29, 0.717) is 24.3 Å². The van der Waals surface area contributed by atoms with Crippen molar-refractivity contribution in [3.05, 3.63) is 65.0 Å². The third-order valence-corrected chi connectivity index (χ3v) is 3.04. The second-order valence-corrected chi connectivity index (χ2v) is 4.60. The van der Waals surface area contributed by atoms with E-state index >= 15 is 0 Å². The van der Waals surface area contributed by atoms with Crippen molar-refractivity contribution >= 4 is 11.0 Å². The van der Waals surface area contributed by atoms with Gasteiger partial charge in [0.05, 0.1) is 0 Å². The molecule has 23 heavy (non-hydrogen) atoms. The van der Waals surface area contributed by atoms with Crippen LogP contribution in [-0.2, 0) is 0 Å². The van der Waals surface area contributed by atoms with E-state index in [1.807, 2.05) is 30.3 Å². The van der Waals surface area contributed by atoms with Gasteiger partial charge in [0.25, 0.3) is 0 Å². The summed E-state index contributed by atoms with van der Waals surface area (Å²) < 4.78 is 16.0. The Bertz CT molecular complexity index is 829. The van der Waals surface area contributed by atoms with Crippen molar-refractivity contribution in [3.63, 3.8) is 0 Å². The first kappa shape index (κ1) is 17.4. The van der Waals surface area contributed by atoms with Crippen LogP contribution in [-0.4, -0.2) is 13.2 Å². The molecular weight excluding hydrogens is 307 g/mol. The fraction of sp³-hybridized carbons (Fsp3) is 0.118. The Morgan fingerprint density at radius 3 is 2.35 bits per heavy atom. The molecular formula is C17H13NaO5. The molecule has 1 aromatic heterocycles. The van der Waals surface area contributed by atoms with Crippen LogP contribution in [0.15, 0.2) is 63.8 Å². The molecule has 1 heterocycles. The van der Waals surface area contributed by atoms with Gasteiger partial charge in [-0.15, -0.1) is 0 Å². The van der Waals surface area contributed by atoms with Crippen LogP contribution >= 0.6 is 0 Å². The van der Waals surface area contributed by atoms with Crippen LogP contribution in [0.5, 0.6) is 17.2 Å². The van der Waals surface area contributed by atoms with Crippen molar-refractivity contribution < 1.29 is 48.6 Å². The molecule has 0 aliphatic carbocycles. The number of para-hydroxylation sites is 1. The SMILES string of the molecule is O=c1cc([O-])c2ccc(OCCOc3ccccc3)cc2o1.[Na+]. The van der Waals surface area contributed by atoms with Gasteiger partial charge in [-0.25, -0.2) is 4.79 Å². The van der Waals surface area contributed by atoms with Crippen molar-refractivity contribution in [1.29, 1.82) is 0 Å². The summed E-state index contributed by atoms with van der Waals surface area (Å²) in [4.78, 5) is 11.2. The van der Waals surface area contributed by atoms with Gasteiger partial charge in [-0.05, 0) is 24.3 Å². The van der Waals surface area contributed by atoms with E-state index in [-0.39, 0.29) is 40.9 Å². The predicted octanol–water partition coefficient (Wildman–Crippen LogP) is -0.672. The topological polar surface area (TPSA) is 71.7 Å². The number of rotatable bonds is 5. The molecule has 0 aliphatic rings. The number of fused-ring (bicyclic) bond motifs is 1. The van der Waals surface area contributed by atoms with Crippen molar-refractivity contribution in [3.8, 4) is 17.2 Å². The number of hydrogen-bond donors (Lipinski definition) is 0. The second kappa shape index (κ2) is 8.06. The first-order valence-corrected chi connectivity index (χ1v) is 6.78. The van der Waals surface area contributed by atoms with Gasteiger partial charge < -0.3 is 19.0 Å². The van der Waals surface area contributed by atoms with Crippen molar-refractivity contribution in [2.75, 3.05) is 13.2 Å². The Kier molecular flexibility index (Phi) is 6.10. The summed E-state index contributed by atoms with van der Waals surface area (Å²) in [7, 11) is 0. The fourth-order valence-electron chi connectivity index (χ4n) is 2.04. The normalized spacial score (nSPS) is 10.1. The summed E-state index contributed by atoms with van der Waals surface area (Å²) in [5.74, 6) is 0.926. The minimum atomic E-state index is -0.665. The molecule has 3 aromatic rings. The van der Waals surface area contributed by atoms with Gasteiger partial charge in [0.2, 0.25) is 0 Å². The van der Waals surface area contributed by atoms with E-state index in [0.717, 1.165) is 11.8 Å². The molecule has 0 aliphatic heterocycles. The molecule has 0 bridgehead atoms. The van der Waals surface area contributed by atoms with Crippen LogP contribution in [0.3, 0.4) is 0 Å². The first-order valence-electron chi connectivity index (χ1n) is 6.78. The third-order valence-electron chi connectivity index (χ3n) is 3.04. The van der Waals surface area contributed by atoms with E-state index < -0.39 is 5.63 Å². The number of benzene rings is 2. The van der Waals surface area contributed by atoms with E-state index in [1.54, 1.807) is 12.1 Å². The van der Waals surface area contributed by atoms with Crippen LogP contribution in [0.25, 0.3) is 11.0 Å². The van der Waals surface area contributed by atoms with E-state index in [2.05, 4.69) is 0 Å². The first-order chi connectivity index (χ1) is 10.7. The number of hydrogen-bond acceptors (Lipinski definition) is 5. The predicted molar refractivity (Wildman–Crippen MR) is 79.4 cm³/mol. The summed E-state index contributed by atoms with van der Waals surface area (Å²) >= 11 is 0.